The van der Waals surface area contributed by atoms with E-state index >= 15 is 0 Å². The molecule has 3 nitrogen and oxygen atoms in total. The van der Waals surface area contributed by atoms with Crippen molar-refractivity contribution < 1.29 is 9.47 Å². The predicted octanol–water partition coefficient (Wildman–Crippen LogP) is 2.98. The molecule has 0 aliphatic rings. The fourth-order valence-corrected chi connectivity index (χ4v) is 3.77. The Hall–Kier alpha value is -1.57. The highest BCUT2D eigenvalue weighted by Crippen LogP contribution is 2.27. The summed E-state index contributed by atoms with van der Waals surface area (Å²) < 4.78 is 10.8. The molecule has 1 atom stereocenters. The predicted molar refractivity (Wildman–Crippen MR) is 96.8 cm³/mol. The number of hydrogen-bond acceptors (Lipinski definition) is 3. The Bertz CT molecular complexity index is 641. The van der Waals surface area contributed by atoms with Gasteiger partial charge in [0.15, 0.2) is 6.79 Å². The van der Waals surface area contributed by atoms with Crippen molar-refractivity contribution in [2.45, 2.75) is 13.8 Å². The zero-order valence-corrected chi connectivity index (χ0v) is 14.9. The van der Waals surface area contributed by atoms with Crippen LogP contribution in [0.5, 0.6) is 5.75 Å². The first kappa shape index (κ1) is 16.8. The standard InChI is InChI=1S/C18H24NO2P/c1-13-9-10-16(15(11-13)19(3)4)22-17-8-6-7-14(2)18(17)21-12-20-5/h6-11,22H,12H2,1-5H3. The third-order valence-electron chi connectivity index (χ3n) is 3.44. The van der Waals surface area contributed by atoms with Crippen LogP contribution in [0.25, 0.3) is 0 Å². The molecule has 0 bridgehead atoms. The van der Waals surface area contributed by atoms with Gasteiger partial charge in [0.2, 0.25) is 0 Å². The third-order valence-corrected chi connectivity index (χ3v) is 4.79. The van der Waals surface area contributed by atoms with Gasteiger partial charge in [0.1, 0.15) is 5.75 Å². The van der Waals surface area contributed by atoms with Gasteiger partial charge in [-0.25, -0.2) is 0 Å². The van der Waals surface area contributed by atoms with Crippen LogP contribution in [0.15, 0.2) is 36.4 Å². The second kappa shape index (κ2) is 7.62. The van der Waals surface area contributed by atoms with Crippen LogP contribution < -0.4 is 20.2 Å². The van der Waals surface area contributed by atoms with E-state index in [4.69, 9.17) is 9.47 Å². The maximum Gasteiger partial charge on any atom is 0.188 e. The van der Waals surface area contributed by atoms with Crippen molar-refractivity contribution in [3.05, 3.63) is 47.5 Å². The molecule has 0 saturated carbocycles. The molecule has 0 aromatic heterocycles. The van der Waals surface area contributed by atoms with Crippen molar-refractivity contribution in [2.24, 2.45) is 0 Å². The van der Waals surface area contributed by atoms with Crippen LogP contribution in [0, 0.1) is 13.8 Å². The van der Waals surface area contributed by atoms with Crippen LogP contribution in [-0.4, -0.2) is 28.0 Å². The largest absolute Gasteiger partial charge is 0.467 e. The minimum Gasteiger partial charge on any atom is -0.467 e. The molecule has 0 saturated heterocycles. The van der Waals surface area contributed by atoms with Crippen molar-refractivity contribution >= 4 is 24.9 Å². The summed E-state index contributed by atoms with van der Waals surface area (Å²) in [6.45, 7) is 4.47. The van der Waals surface area contributed by atoms with Gasteiger partial charge in [0.25, 0.3) is 0 Å². The Balaban J connectivity index is 2.37. The first-order valence-corrected chi connectivity index (χ1v) is 8.29. The van der Waals surface area contributed by atoms with Gasteiger partial charge in [-0.15, -0.1) is 0 Å². The average Bonchev–Trinajstić information content (AvgIpc) is 2.48. The number of benzene rings is 2. The normalized spacial score (nSPS) is 11.1. The minimum atomic E-state index is 0.275. The van der Waals surface area contributed by atoms with Crippen molar-refractivity contribution in [3.63, 3.8) is 0 Å². The van der Waals surface area contributed by atoms with E-state index in [0.29, 0.717) is 8.58 Å². The Kier molecular flexibility index (Phi) is 5.82. The zero-order chi connectivity index (χ0) is 16.1. The molecule has 118 valence electrons. The number of hydrogen-bond donors (Lipinski definition) is 0. The second-order valence-corrected chi connectivity index (χ2v) is 6.87. The van der Waals surface area contributed by atoms with Crippen molar-refractivity contribution in [3.8, 4) is 5.75 Å². The summed E-state index contributed by atoms with van der Waals surface area (Å²) >= 11 is 0. The quantitative estimate of drug-likeness (QED) is 0.604. The monoisotopic (exact) mass is 317 g/mol. The van der Waals surface area contributed by atoms with Gasteiger partial charge >= 0.3 is 0 Å². The van der Waals surface area contributed by atoms with Crippen LogP contribution in [0.3, 0.4) is 0 Å². The number of rotatable bonds is 6. The molecule has 2 aromatic rings. The van der Waals surface area contributed by atoms with Crippen LogP contribution in [0.2, 0.25) is 0 Å². The molecule has 0 radical (unpaired) electrons. The summed E-state index contributed by atoms with van der Waals surface area (Å²) in [7, 11) is 6.36. The molecular formula is C18H24NO2P. The molecule has 0 amide bonds. The Labute approximate surface area is 135 Å². The van der Waals surface area contributed by atoms with Gasteiger partial charge in [-0.3, -0.25) is 0 Å². The summed E-state index contributed by atoms with van der Waals surface area (Å²) in [5, 5.41) is 2.53. The van der Waals surface area contributed by atoms with Crippen molar-refractivity contribution in [1.29, 1.82) is 0 Å². The third kappa shape index (κ3) is 4.00. The Morgan fingerprint density at radius 2 is 1.82 bits per heavy atom. The molecule has 0 heterocycles. The van der Waals surface area contributed by atoms with Gasteiger partial charge in [-0.05, 0) is 31.0 Å². The minimum absolute atomic E-state index is 0.275. The lowest BCUT2D eigenvalue weighted by Crippen LogP contribution is -2.19. The molecule has 0 N–H and O–H groups in total. The summed E-state index contributed by atoms with van der Waals surface area (Å²) in [6, 6.07) is 12.9. The van der Waals surface area contributed by atoms with Crippen molar-refractivity contribution in [1.82, 2.24) is 0 Å². The maximum absolute atomic E-state index is 5.78. The lowest BCUT2D eigenvalue weighted by Gasteiger charge is -2.20. The zero-order valence-electron chi connectivity index (χ0n) is 13.9. The summed E-state index contributed by atoms with van der Waals surface area (Å²) in [6.07, 6.45) is 0. The number of methoxy groups -OCH3 is 1. The highest BCUT2D eigenvalue weighted by molar-refractivity contribution is 7.56. The number of para-hydroxylation sites is 1. The van der Waals surface area contributed by atoms with Gasteiger partial charge in [0, 0.05) is 37.5 Å². The van der Waals surface area contributed by atoms with E-state index in [-0.39, 0.29) is 6.79 Å². The highest BCUT2D eigenvalue weighted by atomic mass is 31.1. The molecule has 0 aliphatic heterocycles. The summed E-state index contributed by atoms with van der Waals surface area (Å²) in [5.74, 6) is 0.938. The molecule has 2 aromatic carbocycles. The van der Waals surface area contributed by atoms with Gasteiger partial charge < -0.3 is 14.4 Å². The van der Waals surface area contributed by atoms with E-state index in [1.54, 1.807) is 7.11 Å². The number of aryl methyl sites for hydroxylation is 2. The lowest BCUT2D eigenvalue weighted by atomic mass is 10.2. The molecule has 4 heteroatoms. The van der Waals surface area contributed by atoms with Crippen LogP contribution in [-0.2, 0) is 4.74 Å². The van der Waals surface area contributed by atoms with E-state index in [2.05, 4.69) is 69.2 Å². The van der Waals surface area contributed by atoms with Crippen LogP contribution in [0.4, 0.5) is 5.69 Å². The second-order valence-electron chi connectivity index (χ2n) is 5.54. The van der Waals surface area contributed by atoms with Crippen molar-refractivity contribution in [2.75, 3.05) is 32.9 Å². The number of anilines is 1. The molecule has 0 aliphatic carbocycles. The molecule has 1 unspecified atom stereocenters. The van der Waals surface area contributed by atoms with Crippen LogP contribution >= 0.6 is 8.58 Å². The molecular weight excluding hydrogens is 293 g/mol. The number of nitrogens with zero attached hydrogens (tertiary/aromatic N) is 1. The van der Waals surface area contributed by atoms with E-state index < -0.39 is 0 Å². The van der Waals surface area contributed by atoms with Gasteiger partial charge in [-0.2, -0.15) is 0 Å². The summed E-state index contributed by atoms with van der Waals surface area (Å²) in [4.78, 5) is 2.17. The number of ether oxygens (including phenoxy) is 2. The first-order valence-electron chi connectivity index (χ1n) is 7.29. The fraction of sp³-hybridized carbons (Fsp3) is 0.333. The molecule has 22 heavy (non-hydrogen) atoms. The topological polar surface area (TPSA) is 21.7 Å². The van der Waals surface area contributed by atoms with E-state index in [9.17, 15) is 0 Å². The summed E-state index contributed by atoms with van der Waals surface area (Å²) in [5.41, 5.74) is 3.68. The Morgan fingerprint density at radius 1 is 1.05 bits per heavy atom. The van der Waals surface area contributed by atoms with E-state index in [1.165, 1.54) is 21.9 Å². The first-order chi connectivity index (χ1) is 10.5. The lowest BCUT2D eigenvalue weighted by molar-refractivity contribution is 0.0514. The highest BCUT2D eigenvalue weighted by Gasteiger charge is 2.11. The van der Waals surface area contributed by atoms with Gasteiger partial charge in [0.05, 0.1) is 0 Å². The molecule has 0 spiro atoms. The van der Waals surface area contributed by atoms with E-state index in [1.807, 2.05) is 0 Å². The van der Waals surface area contributed by atoms with Gasteiger partial charge in [-0.1, -0.05) is 38.9 Å². The van der Waals surface area contributed by atoms with E-state index in [0.717, 1.165) is 11.3 Å². The maximum atomic E-state index is 5.78. The average molecular weight is 317 g/mol. The molecule has 2 rings (SSSR count). The Morgan fingerprint density at radius 3 is 2.50 bits per heavy atom. The molecule has 0 fully saturated rings. The van der Waals surface area contributed by atoms with Crippen LogP contribution in [0.1, 0.15) is 11.1 Å². The SMILES string of the molecule is COCOc1c(C)cccc1Pc1ccc(C)cc1N(C)C. The smallest absolute Gasteiger partial charge is 0.188 e. The fourth-order valence-electron chi connectivity index (χ4n) is 2.32.